The number of rotatable bonds is 7. The number of likely N-dealkylation sites (N-methyl/N-ethyl adjacent to an activating group) is 1. The molecule has 1 unspecified atom stereocenters. The minimum absolute atomic E-state index is 0.164. The van der Waals surface area contributed by atoms with E-state index in [1.165, 1.54) is 13.1 Å². The summed E-state index contributed by atoms with van der Waals surface area (Å²) in [6.07, 6.45) is 3.05. The van der Waals surface area contributed by atoms with Crippen molar-refractivity contribution in [3.05, 3.63) is 34.6 Å². The minimum atomic E-state index is -3.44. The van der Waals surface area contributed by atoms with Crippen LogP contribution < -0.4 is 5.32 Å². The molecule has 0 aromatic heterocycles. The van der Waals surface area contributed by atoms with Crippen LogP contribution in [-0.4, -0.2) is 63.0 Å². The highest BCUT2D eigenvalue weighted by molar-refractivity contribution is 7.88. The normalized spacial score (nSPS) is 17.0. The Bertz CT molecular complexity index is 703. The van der Waals surface area contributed by atoms with Crippen LogP contribution in [0.5, 0.6) is 0 Å². The summed E-state index contributed by atoms with van der Waals surface area (Å²) in [5.74, 6) is -0.850. The number of likely N-dealkylation sites (tertiary alicyclic amines) is 1. The maximum absolute atomic E-state index is 14.3. The molecule has 1 aliphatic heterocycles. The summed E-state index contributed by atoms with van der Waals surface area (Å²) in [5.41, 5.74) is 0.364. The van der Waals surface area contributed by atoms with Gasteiger partial charge in [-0.15, -0.1) is 0 Å². The standard InChI is InChI=1S/C16H23ClFN3O3S/c1-20(25(2,23)24)11-15(22)19-10-14(21-8-3-4-9-21)16-12(17)6-5-7-13(16)18/h5-7,14H,3-4,8-11H2,1-2H3,(H,19,22). The first kappa shape index (κ1) is 20.1. The van der Waals surface area contributed by atoms with E-state index in [2.05, 4.69) is 10.2 Å². The van der Waals surface area contributed by atoms with Crippen LogP contribution in [0, 0.1) is 5.82 Å². The van der Waals surface area contributed by atoms with Crippen molar-refractivity contribution in [3.8, 4) is 0 Å². The Morgan fingerprint density at radius 1 is 1.40 bits per heavy atom. The van der Waals surface area contributed by atoms with E-state index in [1.807, 2.05) is 0 Å². The number of amides is 1. The van der Waals surface area contributed by atoms with Gasteiger partial charge in [0.05, 0.1) is 18.8 Å². The van der Waals surface area contributed by atoms with Crippen LogP contribution in [0.4, 0.5) is 4.39 Å². The number of hydrogen-bond donors (Lipinski definition) is 1. The molecule has 6 nitrogen and oxygen atoms in total. The molecule has 1 fully saturated rings. The average molecular weight is 392 g/mol. The second kappa shape index (κ2) is 8.44. The van der Waals surface area contributed by atoms with Crippen LogP contribution in [0.25, 0.3) is 0 Å². The number of sulfonamides is 1. The van der Waals surface area contributed by atoms with Gasteiger partial charge in [-0.25, -0.2) is 12.8 Å². The molecule has 0 aliphatic carbocycles. The van der Waals surface area contributed by atoms with Crippen LogP contribution in [0.15, 0.2) is 18.2 Å². The molecule has 140 valence electrons. The molecule has 9 heteroatoms. The van der Waals surface area contributed by atoms with Gasteiger partial charge >= 0.3 is 0 Å². The fraction of sp³-hybridized carbons (Fsp3) is 0.562. The van der Waals surface area contributed by atoms with E-state index >= 15 is 0 Å². The average Bonchev–Trinajstić information content (AvgIpc) is 3.03. The topological polar surface area (TPSA) is 69.7 Å². The summed E-state index contributed by atoms with van der Waals surface area (Å²) >= 11 is 6.20. The molecule has 25 heavy (non-hydrogen) atoms. The zero-order valence-corrected chi connectivity index (χ0v) is 15.9. The van der Waals surface area contributed by atoms with Crippen molar-refractivity contribution in [2.24, 2.45) is 0 Å². The molecule has 0 radical (unpaired) electrons. The Balaban J connectivity index is 2.11. The highest BCUT2D eigenvalue weighted by Crippen LogP contribution is 2.31. The van der Waals surface area contributed by atoms with E-state index in [0.29, 0.717) is 10.6 Å². The fourth-order valence-corrected chi connectivity index (χ4v) is 3.52. The first-order valence-electron chi connectivity index (χ1n) is 8.06. The van der Waals surface area contributed by atoms with Crippen molar-refractivity contribution in [1.29, 1.82) is 0 Å². The number of benzene rings is 1. The van der Waals surface area contributed by atoms with Crippen LogP contribution in [-0.2, 0) is 14.8 Å². The lowest BCUT2D eigenvalue weighted by molar-refractivity contribution is -0.121. The van der Waals surface area contributed by atoms with Gasteiger partial charge < -0.3 is 5.32 Å². The highest BCUT2D eigenvalue weighted by atomic mass is 35.5. The number of nitrogens with zero attached hydrogens (tertiary/aromatic N) is 2. The van der Waals surface area contributed by atoms with Crippen molar-refractivity contribution in [1.82, 2.24) is 14.5 Å². The molecule has 1 atom stereocenters. The minimum Gasteiger partial charge on any atom is -0.353 e. The van der Waals surface area contributed by atoms with Crippen LogP contribution >= 0.6 is 11.6 Å². The predicted octanol–water partition coefficient (Wildman–Crippen LogP) is 1.62. The lowest BCUT2D eigenvalue weighted by Crippen LogP contribution is -2.42. The third-order valence-corrected chi connectivity index (χ3v) is 5.93. The lowest BCUT2D eigenvalue weighted by Gasteiger charge is -2.29. The van der Waals surface area contributed by atoms with E-state index in [4.69, 9.17) is 11.6 Å². The zero-order chi connectivity index (χ0) is 18.6. The fourth-order valence-electron chi connectivity index (χ4n) is 2.88. The largest absolute Gasteiger partial charge is 0.353 e. The summed E-state index contributed by atoms with van der Waals surface area (Å²) < 4.78 is 38.1. The number of carbonyl (C=O) groups is 1. The van der Waals surface area contributed by atoms with E-state index in [1.54, 1.807) is 12.1 Å². The van der Waals surface area contributed by atoms with E-state index in [0.717, 1.165) is 36.5 Å². The summed E-state index contributed by atoms with van der Waals surface area (Å²) in [5, 5.41) is 3.02. The van der Waals surface area contributed by atoms with E-state index in [9.17, 15) is 17.6 Å². The second-order valence-electron chi connectivity index (χ2n) is 6.22. The van der Waals surface area contributed by atoms with Crippen molar-refractivity contribution < 1.29 is 17.6 Å². The van der Waals surface area contributed by atoms with Crippen molar-refractivity contribution in [2.75, 3.05) is 39.5 Å². The second-order valence-corrected chi connectivity index (χ2v) is 8.71. The maximum atomic E-state index is 14.3. The molecular formula is C16H23ClFN3O3S. The molecule has 0 spiro atoms. The molecule has 1 N–H and O–H groups in total. The van der Waals surface area contributed by atoms with Gasteiger partial charge in [-0.2, -0.15) is 4.31 Å². The number of carbonyl (C=O) groups excluding carboxylic acids is 1. The van der Waals surface area contributed by atoms with Crippen molar-refractivity contribution in [2.45, 2.75) is 18.9 Å². The van der Waals surface area contributed by atoms with Crippen LogP contribution in [0.3, 0.4) is 0 Å². The summed E-state index contributed by atoms with van der Waals surface area (Å²) in [7, 11) is -2.10. The quantitative estimate of drug-likeness (QED) is 0.766. The Hall–Kier alpha value is -1.22. The van der Waals surface area contributed by atoms with Gasteiger partial charge in [-0.05, 0) is 38.1 Å². The number of nitrogens with one attached hydrogen (secondary N) is 1. The van der Waals surface area contributed by atoms with Gasteiger partial charge in [0.15, 0.2) is 0 Å². The Labute approximate surface area is 153 Å². The molecule has 1 aromatic rings. The maximum Gasteiger partial charge on any atom is 0.235 e. The van der Waals surface area contributed by atoms with Gasteiger partial charge in [0.1, 0.15) is 5.82 Å². The number of halogens is 2. The molecule has 1 amide bonds. The Morgan fingerprint density at radius 2 is 2.04 bits per heavy atom. The van der Waals surface area contributed by atoms with Crippen LogP contribution in [0.1, 0.15) is 24.4 Å². The number of hydrogen-bond acceptors (Lipinski definition) is 4. The van der Waals surface area contributed by atoms with E-state index in [-0.39, 0.29) is 19.1 Å². The summed E-state index contributed by atoms with van der Waals surface area (Å²) in [4.78, 5) is 14.1. The molecular weight excluding hydrogens is 369 g/mol. The van der Waals surface area contributed by atoms with Gasteiger partial charge in [0.25, 0.3) is 0 Å². The van der Waals surface area contributed by atoms with Crippen molar-refractivity contribution in [3.63, 3.8) is 0 Å². The smallest absolute Gasteiger partial charge is 0.235 e. The van der Waals surface area contributed by atoms with Gasteiger partial charge in [-0.3, -0.25) is 9.69 Å². The van der Waals surface area contributed by atoms with Gasteiger partial charge in [0, 0.05) is 24.2 Å². The molecule has 0 bridgehead atoms. The first-order chi connectivity index (χ1) is 11.7. The molecule has 1 heterocycles. The van der Waals surface area contributed by atoms with Gasteiger partial charge in [-0.1, -0.05) is 17.7 Å². The summed E-state index contributed by atoms with van der Waals surface area (Å²) in [6.45, 7) is 1.48. The lowest BCUT2D eigenvalue weighted by atomic mass is 10.0. The highest BCUT2D eigenvalue weighted by Gasteiger charge is 2.28. The SMILES string of the molecule is CN(CC(=O)NCC(c1c(F)cccc1Cl)N1CCCC1)S(C)(=O)=O. The first-order valence-corrected chi connectivity index (χ1v) is 10.3. The third-order valence-electron chi connectivity index (χ3n) is 4.34. The molecule has 0 saturated carbocycles. The van der Waals surface area contributed by atoms with Crippen molar-refractivity contribution >= 4 is 27.5 Å². The third kappa shape index (κ3) is 5.37. The molecule has 1 aliphatic rings. The molecule has 2 rings (SSSR count). The molecule has 1 saturated heterocycles. The monoisotopic (exact) mass is 391 g/mol. The van der Waals surface area contributed by atoms with E-state index < -0.39 is 21.7 Å². The van der Waals surface area contributed by atoms with Crippen LogP contribution in [0.2, 0.25) is 5.02 Å². The Kier molecular flexibility index (Phi) is 6.79. The summed E-state index contributed by atoms with van der Waals surface area (Å²) in [6, 6.07) is 4.14. The van der Waals surface area contributed by atoms with Gasteiger partial charge in [0.2, 0.25) is 15.9 Å². The zero-order valence-electron chi connectivity index (χ0n) is 14.3. The predicted molar refractivity (Wildman–Crippen MR) is 95.4 cm³/mol. The Morgan fingerprint density at radius 3 is 2.60 bits per heavy atom. The molecule has 1 aromatic carbocycles.